The van der Waals surface area contributed by atoms with Gasteiger partial charge in [-0.05, 0) is 12.1 Å². The zero-order valence-corrected chi connectivity index (χ0v) is 11.2. The van der Waals surface area contributed by atoms with Gasteiger partial charge in [0.2, 0.25) is 5.91 Å². The smallest absolute Gasteiger partial charge is 0.328 e. The summed E-state index contributed by atoms with van der Waals surface area (Å²) in [5.41, 5.74) is 0.765. The first kappa shape index (κ1) is 14.8. The van der Waals surface area contributed by atoms with Crippen LogP contribution in [0.3, 0.4) is 0 Å². The van der Waals surface area contributed by atoms with Crippen LogP contribution in [0.1, 0.15) is 6.92 Å². The minimum atomic E-state index is -1.07. The molecule has 0 aliphatic heterocycles. The van der Waals surface area contributed by atoms with Gasteiger partial charge in [-0.15, -0.1) is 0 Å². The fourth-order valence-corrected chi connectivity index (χ4v) is 1.75. The van der Waals surface area contributed by atoms with Crippen LogP contribution in [0.5, 0.6) is 5.75 Å². The fraction of sp³-hybridized carbons (Fsp3) is 0.385. The minimum Gasteiger partial charge on any atom is -0.495 e. The largest absolute Gasteiger partial charge is 0.495 e. The van der Waals surface area contributed by atoms with Gasteiger partial charge in [-0.2, -0.15) is 0 Å². The van der Waals surface area contributed by atoms with Gasteiger partial charge in [0.25, 0.3) is 0 Å². The maximum atomic E-state index is 11.1. The maximum Gasteiger partial charge on any atom is 0.328 e. The number of hydrogen-bond donors (Lipinski definition) is 2. The van der Waals surface area contributed by atoms with Gasteiger partial charge in [0.05, 0.1) is 12.8 Å². The lowest BCUT2D eigenvalue weighted by Crippen LogP contribution is -2.47. The van der Waals surface area contributed by atoms with Crippen LogP contribution in [0, 0.1) is 0 Å². The van der Waals surface area contributed by atoms with Crippen molar-refractivity contribution >= 4 is 17.6 Å². The molecule has 1 atom stereocenters. The number of nitrogens with zero attached hydrogens (tertiary/aromatic N) is 1. The van der Waals surface area contributed by atoms with E-state index in [2.05, 4.69) is 5.32 Å². The van der Waals surface area contributed by atoms with E-state index in [-0.39, 0.29) is 12.5 Å². The summed E-state index contributed by atoms with van der Waals surface area (Å²) in [6, 6.07) is 6.32. The van der Waals surface area contributed by atoms with Crippen molar-refractivity contribution in [3.63, 3.8) is 0 Å². The van der Waals surface area contributed by atoms with Gasteiger partial charge in [0, 0.05) is 20.5 Å². The van der Waals surface area contributed by atoms with Crippen LogP contribution in [0.15, 0.2) is 24.3 Å². The SMILES string of the molecule is COc1ccccc1N(C)CC(NC(C)=O)C(=O)O. The summed E-state index contributed by atoms with van der Waals surface area (Å²) in [7, 11) is 3.30. The summed E-state index contributed by atoms with van der Waals surface area (Å²) < 4.78 is 5.21. The molecule has 19 heavy (non-hydrogen) atoms. The van der Waals surface area contributed by atoms with Crippen molar-refractivity contribution in [3.05, 3.63) is 24.3 Å². The molecule has 0 aliphatic carbocycles. The number of methoxy groups -OCH3 is 1. The van der Waals surface area contributed by atoms with E-state index in [0.29, 0.717) is 5.75 Å². The Labute approximate surface area is 112 Å². The molecule has 0 fully saturated rings. The number of aliphatic carboxylic acids is 1. The number of carboxylic acids is 1. The molecule has 0 saturated carbocycles. The van der Waals surface area contributed by atoms with Crippen LogP contribution in [0.4, 0.5) is 5.69 Å². The van der Waals surface area contributed by atoms with E-state index in [0.717, 1.165) is 5.69 Å². The Hall–Kier alpha value is -2.24. The Morgan fingerprint density at radius 1 is 1.42 bits per heavy atom. The number of para-hydroxylation sites is 2. The Morgan fingerprint density at radius 2 is 2.05 bits per heavy atom. The number of carbonyl (C=O) groups excluding carboxylic acids is 1. The van der Waals surface area contributed by atoms with Crippen LogP contribution >= 0.6 is 0 Å². The van der Waals surface area contributed by atoms with Gasteiger partial charge in [-0.25, -0.2) is 4.79 Å². The fourth-order valence-electron chi connectivity index (χ4n) is 1.75. The molecule has 0 heterocycles. The number of ether oxygens (including phenoxy) is 1. The van der Waals surface area contributed by atoms with E-state index < -0.39 is 12.0 Å². The van der Waals surface area contributed by atoms with E-state index in [9.17, 15) is 9.59 Å². The van der Waals surface area contributed by atoms with Crippen molar-refractivity contribution in [1.82, 2.24) is 5.32 Å². The third-order valence-electron chi connectivity index (χ3n) is 2.63. The van der Waals surface area contributed by atoms with Gasteiger partial charge in [0.15, 0.2) is 0 Å². The van der Waals surface area contributed by atoms with E-state index in [4.69, 9.17) is 9.84 Å². The van der Waals surface area contributed by atoms with Crippen molar-refractivity contribution in [2.45, 2.75) is 13.0 Å². The first-order valence-corrected chi connectivity index (χ1v) is 5.79. The molecule has 0 aromatic heterocycles. The average Bonchev–Trinajstić information content (AvgIpc) is 2.37. The Balaban J connectivity index is 2.84. The molecule has 0 bridgehead atoms. The molecule has 0 spiro atoms. The van der Waals surface area contributed by atoms with Gasteiger partial charge < -0.3 is 20.1 Å². The van der Waals surface area contributed by atoms with Crippen molar-refractivity contribution in [1.29, 1.82) is 0 Å². The maximum absolute atomic E-state index is 11.1. The third-order valence-corrected chi connectivity index (χ3v) is 2.63. The van der Waals surface area contributed by atoms with Crippen LogP contribution in [-0.4, -0.2) is 43.7 Å². The van der Waals surface area contributed by atoms with Crippen molar-refractivity contribution in [2.75, 3.05) is 25.6 Å². The highest BCUT2D eigenvalue weighted by atomic mass is 16.5. The number of carboxylic acid groups (broad SMARTS) is 1. The average molecular weight is 266 g/mol. The van der Waals surface area contributed by atoms with Crippen LogP contribution < -0.4 is 15.0 Å². The lowest BCUT2D eigenvalue weighted by atomic mass is 10.2. The number of hydrogen-bond acceptors (Lipinski definition) is 4. The number of nitrogens with one attached hydrogen (secondary N) is 1. The molecule has 1 aromatic carbocycles. The molecule has 1 rings (SSSR count). The molecule has 6 nitrogen and oxygen atoms in total. The molecule has 0 aliphatic rings. The molecule has 6 heteroatoms. The van der Waals surface area contributed by atoms with Gasteiger partial charge in [-0.3, -0.25) is 4.79 Å². The second kappa shape index (κ2) is 6.63. The summed E-state index contributed by atoms with van der Waals surface area (Å²) in [4.78, 5) is 23.8. The highest BCUT2D eigenvalue weighted by molar-refractivity contribution is 5.82. The molecular weight excluding hydrogens is 248 g/mol. The second-order valence-corrected chi connectivity index (χ2v) is 4.14. The zero-order chi connectivity index (χ0) is 14.4. The van der Waals surface area contributed by atoms with Crippen molar-refractivity contribution < 1.29 is 19.4 Å². The number of anilines is 1. The molecule has 1 aromatic rings. The molecular formula is C13H18N2O4. The Kier molecular flexibility index (Phi) is 5.17. The van der Waals surface area contributed by atoms with Crippen LogP contribution in [0.2, 0.25) is 0 Å². The molecule has 2 N–H and O–H groups in total. The second-order valence-electron chi connectivity index (χ2n) is 4.14. The van der Waals surface area contributed by atoms with Crippen LogP contribution in [0.25, 0.3) is 0 Å². The Morgan fingerprint density at radius 3 is 2.58 bits per heavy atom. The summed E-state index contributed by atoms with van der Waals surface area (Å²) in [6.07, 6.45) is 0. The molecule has 0 radical (unpaired) electrons. The highest BCUT2D eigenvalue weighted by Gasteiger charge is 2.21. The molecule has 1 unspecified atom stereocenters. The number of rotatable bonds is 6. The highest BCUT2D eigenvalue weighted by Crippen LogP contribution is 2.26. The minimum absolute atomic E-state index is 0.148. The van der Waals surface area contributed by atoms with Crippen LogP contribution in [-0.2, 0) is 9.59 Å². The molecule has 104 valence electrons. The number of carbonyl (C=O) groups is 2. The number of likely N-dealkylation sites (N-methyl/N-ethyl adjacent to an activating group) is 1. The van der Waals surface area contributed by atoms with E-state index in [1.165, 1.54) is 6.92 Å². The lowest BCUT2D eigenvalue weighted by Gasteiger charge is -2.25. The normalized spacial score (nSPS) is 11.5. The summed E-state index contributed by atoms with van der Waals surface area (Å²) in [5.74, 6) is -0.797. The topological polar surface area (TPSA) is 78.9 Å². The van der Waals surface area contributed by atoms with E-state index in [1.807, 2.05) is 18.2 Å². The predicted octanol–water partition coefficient (Wildman–Crippen LogP) is 0.721. The standard InChI is InChI=1S/C13H18N2O4/c1-9(16)14-10(13(17)18)8-15(2)11-6-4-5-7-12(11)19-3/h4-7,10H,8H2,1-3H3,(H,14,16)(H,17,18). The van der Waals surface area contributed by atoms with E-state index in [1.54, 1.807) is 25.1 Å². The van der Waals surface area contributed by atoms with Crippen molar-refractivity contribution in [2.24, 2.45) is 0 Å². The van der Waals surface area contributed by atoms with Crippen molar-refractivity contribution in [3.8, 4) is 5.75 Å². The van der Waals surface area contributed by atoms with Gasteiger partial charge in [0.1, 0.15) is 11.8 Å². The van der Waals surface area contributed by atoms with E-state index >= 15 is 0 Å². The van der Waals surface area contributed by atoms with Gasteiger partial charge in [-0.1, -0.05) is 12.1 Å². The molecule has 1 amide bonds. The quantitative estimate of drug-likeness (QED) is 0.793. The zero-order valence-electron chi connectivity index (χ0n) is 11.2. The first-order valence-electron chi connectivity index (χ1n) is 5.79. The number of benzene rings is 1. The van der Waals surface area contributed by atoms with Gasteiger partial charge >= 0.3 is 5.97 Å². The Bertz CT molecular complexity index is 462. The first-order chi connectivity index (χ1) is 8.95. The summed E-state index contributed by atoms with van der Waals surface area (Å²) in [5, 5.41) is 11.5. The third kappa shape index (κ3) is 4.17. The lowest BCUT2D eigenvalue weighted by molar-refractivity contribution is -0.141. The molecule has 0 saturated heterocycles. The predicted molar refractivity (Wildman–Crippen MR) is 71.5 cm³/mol. The number of amides is 1. The summed E-state index contributed by atoms with van der Waals surface area (Å²) >= 11 is 0. The monoisotopic (exact) mass is 266 g/mol. The summed E-state index contributed by atoms with van der Waals surface area (Å²) in [6.45, 7) is 1.44.